The molecule has 0 N–H and O–H groups in total. The molecule has 17 heavy (non-hydrogen) atoms. The van der Waals surface area contributed by atoms with Crippen molar-refractivity contribution in [3.8, 4) is 0 Å². The van der Waals surface area contributed by atoms with E-state index in [0.29, 0.717) is 21.4 Å². The first-order valence-corrected chi connectivity index (χ1v) is 5.61. The van der Waals surface area contributed by atoms with Crippen LogP contribution in [0.4, 0.5) is 11.4 Å². The van der Waals surface area contributed by atoms with Gasteiger partial charge in [0.15, 0.2) is 0 Å². The molecule has 2 aromatic carbocycles. The summed E-state index contributed by atoms with van der Waals surface area (Å²) in [7, 11) is 0. The summed E-state index contributed by atoms with van der Waals surface area (Å²) in [4.78, 5) is 10.9. The molecule has 0 bridgehead atoms. The van der Waals surface area contributed by atoms with Crippen LogP contribution in [0, 0.1) is 4.91 Å². The third-order valence-corrected chi connectivity index (χ3v) is 2.73. The fourth-order valence-electron chi connectivity index (χ4n) is 1.41. The van der Waals surface area contributed by atoms with Gasteiger partial charge in [0.1, 0.15) is 0 Å². The van der Waals surface area contributed by atoms with Crippen molar-refractivity contribution in [1.29, 1.82) is 0 Å². The van der Waals surface area contributed by atoms with Gasteiger partial charge in [-0.05, 0) is 48.5 Å². The largest absolute Gasteiger partial charge is 0.197 e. The SMILES string of the molecule is O=NN(c1ccc(Cl)cc1)c1ccc(Cl)cc1. The van der Waals surface area contributed by atoms with Crippen LogP contribution in [0.1, 0.15) is 0 Å². The lowest BCUT2D eigenvalue weighted by atomic mass is 10.2. The van der Waals surface area contributed by atoms with Gasteiger partial charge in [0.05, 0.1) is 16.7 Å². The van der Waals surface area contributed by atoms with Crippen LogP contribution < -0.4 is 5.01 Å². The van der Waals surface area contributed by atoms with Crippen LogP contribution in [0.5, 0.6) is 0 Å². The summed E-state index contributed by atoms with van der Waals surface area (Å²) in [5.41, 5.74) is 1.29. The van der Waals surface area contributed by atoms with E-state index in [9.17, 15) is 4.91 Å². The Bertz CT molecular complexity index is 466. The quantitative estimate of drug-likeness (QED) is 0.590. The maximum absolute atomic E-state index is 10.9. The van der Waals surface area contributed by atoms with Crippen LogP contribution in [0.15, 0.2) is 53.8 Å². The Kier molecular flexibility index (Phi) is 3.61. The fourth-order valence-corrected chi connectivity index (χ4v) is 1.66. The lowest BCUT2D eigenvalue weighted by Gasteiger charge is -2.15. The molecule has 3 nitrogen and oxygen atoms in total. The van der Waals surface area contributed by atoms with Crippen molar-refractivity contribution in [1.82, 2.24) is 0 Å². The molecule has 5 heteroatoms. The molecule has 0 aliphatic rings. The second-order valence-corrected chi connectivity index (χ2v) is 4.22. The molecule has 0 spiro atoms. The molecular formula is C12H8Cl2N2O. The van der Waals surface area contributed by atoms with Crippen LogP contribution in [0.2, 0.25) is 10.0 Å². The van der Waals surface area contributed by atoms with Gasteiger partial charge in [0, 0.05) is 10.0 Å². The number of halogens is 2. The van der Waals surface area contributed by atoms with Gasteiger partial charge in [-0.25, -0.2) is 0 Å². The molecular weight excluding hydrogens is 259 g/mol. The average molecular weight is 267 g/mol. The zero-order valence-corrected chi connectivity index (χ0v) is 10.2. The molecule has 0 heterocycles. The molecule has 0 atom stereocenters. The summed E-state index contributed by atoms with van der Waals surface area (Å²) in [6, 6.07) is 13.7. The molecule has 0 aliphatic carbocycles. The number of hydrogen-bond acceptors (Lipinski definition) is 2. The minimum absolute atomic E-state index is 0.607. The predicted octanol–water partition coefficient (Wildman–Crippen LogP) is 4.81. The Morgan fingerprint density at radius 2 is 1.12 bits per heavy atom. The zero-order chi connectivity index (χ0) is 12.3. The third-order valence-electron chi connectivity index (χ3n) is 2.22. The van der Waals surface area contributed by atoms with E-state index in [-0.39, 0.29) is 0 Å². The van der Waals surface area contributed by atoms with Gasteiger partial charge in [-0.1, -0.05) is 23.2 Å². The average Bonchev–Trinajstić information content (AvgIpc) is 2.35. The summed E-state index contributed by atoms with van der Waals surface area (Å²) >= 11 is 11.6. The highest BCUT2D eigenvalue weighted by molar-refractivity contribution is 6.31. The van der Waals surface area contributed by atoms with Gasteiger partial charge in [0.2, 0.25) is 0 Å². The van der Waals surface area contributed by atoms with Gasteiger partial charge in [0.25, 0.3) is 0 Å². The normalized spacial score (nSPS) is 10.0. The van der Waals surface area contributed by atoms with E-state index in [0.717, 1.165) is 0 Å². The number of anilines is 2. The van der Waals surface area contributed by atoms with Crippen molar-refractivity contribution in [3.05, 3.63) is 63.5 Å². The highest BCUT2D eigenvalue weighted by Gasteiger charge is 2.09. The second kappa shape index (κ2) is 5.17. The van der Waals surface area contributed by atoms with Gasteiger partial charge in [-0.3, -0.25) is 0 Å². The lowest BCUT2D eigenvalue weighted by Crippen LogP contribution is -2.06. The number of nitrogens with zero attached hydrogens (tertiary/aromatic N) is 2. The molecule has 86 valence electrons. The predicted molar refractivity (Wildman–Crippen MR) is 70.8 cm³/mol. The Morgan fingerprint density at radius 1 is 0.765 bits per heavy atom. The first kappa shape index (κ1) is 11.9. The molecule has 0 fully saturated rings. The minimum Gasteiger partial charge on any atom is -0.197 e. The first-order valence-electron chi connectivity index (χ1n) is 4.85. The standard InChI is InChI=1S/C12H8Cl2N2O/c13-9-1-5-11(6-2-9)16(15-17)12-7-3-10(14)4-8-12/h1-8H. The lowest BCUT2D eigenvalue weighted by molar-refractivity contribution is 1.07. The maximum atomic E-state index is 10.9. The zero-order valence-electron chi connectivity index (χ0n) is 8.68. The smallest absolute Gasteiger partial charge is 0.0686 e. The third kappa shape index (κ3) is 2.75. The van der Waals surface area contributed by atoms with E-state index in [1.165, 1.54) is 5.01 Å². The van der Waals surface area contributed by atoms with Crippen LogP contribution in [0.25, 0.3) is 0 Å². The molecule has 0 saturated carbocycles. The summed E-state index contributed by atoms with van der Waals surface area (Å²) < 4.78 is 0. The second-order valence-electron chi connectivity index (χ2n) is 3.35. The van der Waals surface area contributed by atoms with Crippen molar-refractivity contribution < 1.29 is 0 Å². The van der Waals surface area contributed by atoms with Crippen LogP contribution in [0.3, 0.4) is 0 Å². The van der Waals surface area contributed by atoms with Crippen LogP contribution in [-0.2, 0) is 0 Å². The Morgan fingerprint density at radius 3 is 1.41 bits per heavy atom. The maximum Gasteiger partial charge on any atom is 0.0686 e. The van der Waals surface area contributed by atoms with E-state index in [1.807, 2.05) is 0 Å². The van der Waals surface area contributed by atoms with Crippen LogP contribution in [-0.4, -0.2) is 0 Å². The van der Waals surface area contributed by atoms with Crippen molar-refractivity contribution in [2.24, 2.45) is 5.29 Å². The molecule has 2 rings (SSSR count). The summed E-state index contributed by atoms with van der Waals surface area (Å²) in [6.07, 6.45) is 0. The highest BCUT2D eigenvalue weighted by Crippen LogP contribution is 2.27. The van der Waals surface area contributed by atoms with E-state index < -0.39 is 0 Å². The molecule has 0 amide bonds. The number of hydrogen-bond donors (Lipinski definition) is 0. The van der Waals surface area contributed by atoms with Crippen molar-refractivity contribution in [2.45, 2.75) is 0 Å². The van der Waals surface area contributed by atoms with Gasteiger partial charge < -0.3 is 0 Å². The minimum atomic E-state index is 0.607. The Hall–Kier alpha value is -1.58. The van der Waals surface area contributed by atoms with Gasteiger partial charge >= 0.3 is 0 Å². The fraction of sp³-hybridized carbons (Fsp3) is 0. The number of benzene rings is 2. The van der Waals surface area contributed by atoms with E-state index in [1.54, 1.807) is 48.5 Å². The van der Waals surface area contributed by atoms with E-state index in [4.69, 9.17) is 23.2 Å². The number of nitroso groups, excluding NO2 is 1. The molecule has 2 aromatic rings. The topological polar surface area (TPSA) is 32.7 Å². The van der Waals surface area contributed by atoms with Gasteiger partial charge in [-0.2, -0.15) is 5.01 Å². The Balaban J connectivity index is 2.36. The van der Waals surface area contributed by atoms with E-state index >= 15 is 0 Å². The monoisotopic (exact) mass is 266 g/mol. The molecule has 0 aromatic heterocycles. The molecule has 0 unspecified atom stereocenters. The molecule has 0 saturated heterocycles. The van der Waals surface area contributed by atoms with E-state index in [2.05, 4.69) is 5.29 Å². The Labute approximate surface area is 109 Å². The highest BCUT2D eigenvalue weighted by atomic mass is 35.5. The summed E-state index contributed by atoms with van der Waals surface area (Å²) in [5, 5.41) is 5.47. The molecule has 0 radical (unpaired) electrons. The molecule has 0 aliphatic heterocycles. The first-order chi connectivity index (χ1) is 8.20. The summed E-state index contributed by atoms with van der Waals surface area (Å²) in [6.45, 7) is 0. The van der Waals surface area contributed by atoms with Crippen molar-refractivity contribution >= 4 is 34.6 Å². The van der Waals surface area contributed by atoms with Crippen LogP contribution >= 0.6 is 23.2 Å². The van der Waals surface area contributed by atoms with Gasteiger partial charge in [-0.15, -0.1) is 4.91 Å². The van der Waals surface area contributed by atoms with Crippen molar-refractivity contribution in [2.75, 3.05) is 5.01 Å². The number of rotatable bonds is 3. The van der Waals surface area contributed by atoms with Crippen molar-refractivity contribution in [3.63, 3.8) is 0 Å². The summed E-state index contributed by atoms with van der Waals surface area (Å²) in [5.74, 6) is 0.